The number of hydrogen-bond acceptors (Lipinski definition) is 4. The highest BCUT2D eigenvalue weighted by Crippen LogP contribution is 2.28. The number of hydrogen-bond donors (Lipinski definition) is 0. The lowest BCUT2D eigenvalue weighted by molar-refractivity contribution is -0.139. The monoisotopic (exact) mass is 332 g/mol. The van der Waals surface area contributed by atoms with Gasteiger partial charge in [0.2, 0.25) is 5.91 Å². The van der Waals surface area contributed by atoms with Crippen molar-refractivity contribution in [1.82, 2.24) is 9.80 Å². The second-order valence-corrected chi connectivity index (χ2v) is 5.65. The van der Waals surface area contributed by atoms with Crippen LogP contribution in [0.2, 0.25) is 0 Å². The van der Waals surface area contributed by atoms with Gasteiger partial charge in [0.1, 0.15) is 0 Å². The van der Waals surface area contributed by atoms with Crippen LogP contribution in [0.3, 0.4) is 0 Å². The van der Waals surface area contributed by atoms with E-state index >= 15 is 0 Å². The number of ether oxygens (including phenoxy) is 2. The van der Waals surface area contributed by atoms with E-state index < -0.39 is 0 Å². The molecule has 0 aliphatic carbocycles. The zero-order valence-corrected chi connectivity index (χ0v) is 14.3. The van der Waals surface area contributed by atoms with E-state index in [1.807, 2.05) is 18.2 Å². The first-order valence-corrected chi connectivity index (χ1v) is 7.99. The Morgan fingerprint density at radius 3 is 2.42 bits per heavy atom. The Balaban J connectivity index is 1.90. The molecular weight excluding hydrogens is 308 g/mol. The minimum absolute atomic E-state index is 0.0442. The Kier molecular flexibility index (Phi) is 6.23. The number of amides is 2. The third-order valence-electron chi connectivity index (χ3n) is 4.04. The number of rotatable bonds is 6. The van der Waals surface area contributed by atoms with Crippen LogP contribution in [0.5, 0.6) is 11.5 Å². The number of piperazine rings is 1. The van der Waals surface area contributed by atoms with Crippen molar-refractivity contribution in [2.75, 3.05) is 39.9 Å². The lowest BCUT2D eigenvalue weighted by atomic mass is 10.1. The molecule has 0 atom stereocenters. The maximum atomic E-state index is 12.3. The van der Waals surface area contributed by atoms with Crippen LogP contribution in [0, 0.1) is 0 Å². The molecule has 6 nitrogen and oxygen atoms in total. The molecular formula is C18H24N2O4. The molecule has 1 aromatic rings. The summed E-state index contributed by atoms with van der Waals surface area (Å²) in [6.45, 7) is 7.43. The average molecular weight is 332 g/mol. The molecule has 1 aromatic carbocycles. The summed E-state index contributed by atoms with van der Waals surface area (Å²) in [7, 11) is 1.57. The molecule has 1 fully saturated rings. The van der Waals surface area contributed by atoms with Gasteiger partial charge in [-0.3, -0.25) is 9.59 Å². The van der Waals surface area contributed by atoms with E-state index in [0.717, 1.165) is 12.0 Å². The van der Waals surface area contributed by atoms with Crippen molar-refractivity contribution in [2.24, 2.45) is 0 Å². The summed E-state index contributed by atoms with van der Waals surface area (Å²) >= 11 is 0. The van der Waals surface area contributed by atoms with E-state index in [-0.39, 0.29) is 18.4 Å². The van der Waals surface area contributed by atoms with Crippen LogP contribution >= 0.6 is 0 Å². The van der Waals surface area contributed by atoms with Gasteiger partial charge in [0, 0.05) is 33.1 Å². The fourth-order valence-corrected chi connectivity index (χ4v) is 2.63. The zero-order chi connectivity index (χ0) is 17.5. The highest BCUT2D eigenvalue weighted by molar-refractivity contribution is 5.78. The first-order chi connectivity index (χ1) is 11.5. The van der Waals surface area contributed by atoms with Crippen LogP contribution in [0.25, 0.3) is 0 Å². The van der Waals surface area contributed by atoms with E-state index in [2.05, 4.69) is 6.58 Å². The molecule has 130 valence electrons. The Bertz CT molecular complexity index is 607. The third-order valence-corrected chi connectivity index (χ3v) is 4.04. The predicted molar refractivity (Wildman–Crippen MR) is 91.2 cm³/mol. The number of allylic oxidation sites excluding steroid dienone is 1. The molecule has 1 saturated heterocycles. The van der Waals surface area contributed by atoms with Gasteiger partial charge in [-0.05, 0) is 24.1 Å². The minimum Gasteiger partial charge on any atom is -0.493 e. The van der Waals surface area contributed by atoms with E-state index in [0.29, 0.717) is 37.7 Å². The van der Waals surface area contributed by atoms with Crippen LogP contribution in [0.4, 0.5) is 0 Å². The van der Waals surface area contributed by atoms with Gasteiger partial charge in [-0.25, -0.2) is 0 Å². The van der Waals surface area contributed by atoms with E-state index in [9.17, 15) is 9.59 Å². The molecule has 0 aromatic heterocycles. The second kappa shape index (κ2) is 8.38. The molecule has 0 spiro atoms. The van der Waals surface area contributed by atoms with Crippen molar-refractivity contribution in [2.45, 2.75) is 13.3 Å². The molecule has 0 unspecified atom stereocenters. The molecule has 0 saturated carbocycles. The van der Waals surface area contributed by atoms with Crippen LogP contribution in [-0.4, -0.2) is 61.5 Å². The molecule has 0 N–H and O–H groups in total. The van der Waals surface area contributed by atoms with Crippen molar-refractivity contribution in [3.63, 3.8) is 0 Å². The summed E-state index contributed by atoms with van der Waals surface area (Å²) in [5.74, 6) is 1.10. The van der Waals surface area contributed by atoms with Gasteiger partial charge in [0.15, 0.2) is 18.1 Å². The van der Waals surface area contributed by atoms with Gasteiger partial charge in [-0.15, -0.1) is 6.58 Å². The highest BCUT2D eigenvalue weighted by Gasteiger charge is 2.22. The zero-order valence-electron chi connectivity index (χ0n) is 14.3. The van der Waals surface area contributed by atoms with Gasteiger partial charge in [-0.2, -0.15) is 0 Å². The van der Waals surface area contributed by atoms with Crippen molar-refractivity contribution >= 4 is 11.8 Å². The summed E-state index contributed by atoms with van der Waals surface area (Å²) in [4.78, 5) is 27.0. The summed E-state index contributed by atoms with van der Waals surface area (Å²) in [6.07, 6.45) is 2.56. The number of benzene rings is 1. The summed E-state index contributed by atoms with van der Waals surface area (Å²) < 4.78 is 11.0. The van der Waals surface area contributed by atoms with Crippen molar-refractivity contribution < 1.29 is 19.1 Å². The summed E-state index contributed by atoms with van der Waals surface area (Å²) in [5.41, 5.74) is 1.07. The quantitative estimate of drug-likeness (QED) is 0.741. The molecule has 1 aliphatic rings. The van der Waals surface area contributed by atoms with Crippen LogP contribution in [0.1, 0.15) is 12.5 Å². The number of methoxy groups -OCH3 is 1. The predicted octanol–water partition coefficient (Wildman–Crippen LogP) is 1.49. The maximum absolute atomic E-state index is 12.3. The number of carbonyl (C=O) groups is 2. The van der Waals surface area contributed by atoms with Gasteiger partial charge in [0.05, 0.1) is 7.11 Å². The first kappa shape index (κ1) is 17.8. The lowest BCUT2D eigenvalue weighted by Gasteiger charge is -2.34. The summed E-state index contributed by atoms with van der Waals surface area (Å²) in [5, 5.41) is 0. The highest BCUT2D eigenvalue weighted by atomic mass is 16.5. The Morgan fingerprint density at radius 2 is 1.83 bits per heavy atom. The topological polar surface area (TPSA) is 59.1 Å². The number of carbonyl (C=O) groups excluding carboxylic acids is 2. The summed E-state index contributed by atoms with van der Waals surface area (Å²) in [6, 6.07) is 5.61. The molecule has 1 aliphatic heterocycles. The van der Waals surface area contributed by atoms with Crippen LogP contribution in [-0.2, 0) is 16.0 Å². The third kappa shape index (κ3) is 4.50. The maximum Gasteiger partial charge on any atom is 0.260 e. The first-order valence-electron chi connectivity index (χ1n) is 7.99. The van der Waals surface area contributed by atoms with E-state index in [4.69, 9.17) is 9.47 Å². The molecule has 24 heavy (non-hydrogen) atoms. The minimum atomic E-state index is -0.0876. The number of nitrogens with zero attached hydrogens (tertiary/aromatic N) is 2. The SMILES string of the molecule is C=CCc1ccc(OCC(=O)N2CCN(C(C)=O)CC2)c(OC)c1. The van der Waals surface area contributed by atoms with Gasteiger partial charge < -0.3 is 19.3 Å². The average Bonchev–Trinajstić information content (AvgIpc) is 2.60. The molecule has 6 heteroatoms. The van der Waals surface area contributed by atoms with Crippen LogP contribution in [0.15, 0.2) is 30.9 Å². The molecule has 0 radical (unpaired) electrons. The lowest BCUT2D eigenvalue weighted by Crippen LogP contribution is -2.51. The molecule has 0 bridgehead atoms. The normalized spacial score (nSPS) is 14.2. The van der Waals surface area contributed by atoms with Gasteiger partial charge in [0.25, 0.3) is 5.91 Å². The van der Waals surface area contributed by atoms with E-state index in [1.54, 1.807) is 29.9 Å². The van der Waals surface area contributed by atoms with Crippen molar-refractivity contribution in [3.05, 3.63) is 36.4 Å². The van der Waals surface area contributed by atoms with Crippen LogP contribution < -0.4 is 9.47 Å². The fraction of sp³-hybridized carbons (Fsp3) is 0.444. The Hall–Kier alpha value is -2.50. The molecule has 2 amide bonds. The fourth-order valence-electron chi connectivity index (χ4n) is 2.63. The van der Waals surface area contributed by atoms with Gasteiger partial charge >= 0.3 is 0 Å². The Morgan fingerprint density at radius 1 is 1.17 bits per heavy atom. The largest absolute Gasteiger partial charge is 0.493 e. The standard InChI is InChI=1S/C18H24N2O4/c1-4-5-15-6-7-16(17(12-15)23-3)24-13-18(22)20-10-8-19(9-11-20)14(2)21/h4,6-7,12H,1,5,8-11,13H2,2-3H3. The van der Waals surface area contributed by atoms with E-state index in [1.165, 1.54) is 0 Å². The van der Waals surface area contributed by atoms with Crippen molar-refractivity contribution in [1.29, 1.82) is 0 Å². The second-order valence-electron chi connectivity index (χ2n) is 5.65. The smallest absolute Gasteiger partial charge is 0.260 e. The van der Waals surface area contributed by atoms with Crippen molar-refractivity contribution in [3.8, 4) is 11.5 Å². The molecule has 2 rings (SSSR count). The molecule has 1 heterocycles. The van der Waals surface area contributed by atoms with Gasteiger partial charge in [-0.1, -0.05) is 12.1 Å². The Labute approximate surface area is 142 Å².